The molecule has 0 heterocycles. The highest BCUT2D eigenvalue weighted by Crippen LogP contribution is 2.45. The average molecular weight is 1410 g/mol. The van der Waals surface area contributed by atoms with Crippen molar-refractivity contribution in [2.45, 2.75) is 388 Å². The van der Waals surface area contributed by atoms with Crippen molar-refractivity contribution in [1.82, 2.24) is 0 Å². The Morgan fingerprint density at radius 3 is 0.844 bits per heavy atom. The molecule has 0 radical (unpaired) electrons. The van der Waals surface area contributed by atoms with E-state index in [1.165, 1.54) is 161 Å². The summed E-state index contributed by atoms with van der Waals surface area (Å²) in [7, 11) is -9.92. The van der Waals surface area contributed by atoms with Gasteiger partial charge in [-0.3, -0.25) is 37.3 Å². The van der Waals surface area contributed by atoms with E-state index in [0.717, 1.165) is 115 Å². The van der Waals surface area contributed by atoms with E-state index >= 15 is 0 Å². The molecule has 3 unspecified atom stereocenters. The Labute approximate surface area is 586 Å². The van der Waals surface area contributed by atoms with Gasteiger partial charge in [0.15, 0.2) is 12.2 Å². The topological polar surface area (TPSA) is 237 Å². The highest BCUT2D eigenvalue weighted by atomic mass is 31.2. The van der Waals surface area contributed by atoms with Crippen LogP contribution in [0.3, 0.4) is 0 Å². The molecule has 0 fully saturated rings. The Hall–Kier alpha value is -2.46. The minimum absolute atomic E-state index is 0.0850. The summed E-state index contributed by atoms with van der Waals surface area (Å²) in [6, 6.07) is 0. The summed E-state index contributed by atoms with van der Waals surface area (Å²) >= 11 is 0. The number of allylic oxidation sites excluding steroid dienone is 4. The molecule has 0 aromatic carbocycles. The first-order chi connectivity index (χ1) is 46.2. The maximum atomic E-state index is 13.1. The molecule has 0 bridgehead atoms. The predicted molar refractivity (Wildman–Crippen MR) is 390 cm³/mol. The van der Waals surface area contributed by atoms with Gasteiger partial charge in [-0.1, -0.05) is 317 Å². The first-order valence-electron chi connectivity index (χ1n) is 39.2. The molecule has 0 saturated heterocycles. The van der Waals surface area contributed by atoms with Gasteiger partial charge >= 0.3 is 39.5 Å². The third-order valence-corrected chi connectivity index (χ3v) is 19.2. The van der Waals surface area contributed by atoms with Crippen LogP contribution < -0.4 is 0 Å². The number of ether oxygens (including phenoxy) is 4. The summed E-state index contributed by atoms with van der Waals surface area (Å²) in [5, 5.41) is 10.6. The van der Waals surface area contributed by atoms with Gasteiger partial charge in [0.25, 0.3) is 0 Å². The van der Waals surface area contributed by atoms with Crippen LogP contribution in [0.15, 0.2) is 24.3 Å². The molecular weight excluding hydrogens is 1260 g/mol. The summed E-state index contributed by atoms with van der Waals surface area (Å²) in [5.41, 5.74) is 0. The Balaban J connectivity index is 5.21. The lowest BCUT2D eigenvalue weighted by molar-refractivity contribution is -0.161. The zero-order valence-electron chi connectivity index (χ0n) is 62.3. The van der Waals surface area contributed by atoms with Crippen LogP contribution in [-0.2, 0) is 65.4 Å². The second-order valence-corrected chi connectivity index (χ2v) is 31.4. The highest BCUT2D eigenvalue weighted by molar-refractivity contribution is 7.47. The Morgan fingerprint density at radius 2 is 0.562 bits per heavy atom. The van der Waals surface area contributed by atoms with Gasteiger partial charge < -0.3 is 33.8 Å². The average Bonchev–Trinajstić information content (AvgIpc) is 1.79. The molecule has 0 aliphatic rings. The van der Waals surface area contributed by atoms with Crippen LogP contribution in [0.25, 0.3) is 0 Å². The second kappa shape index (κ2) is 67.1. The van der Waals surface area contributed by atoms with E-state index in [2.05, 4.69) is 72.8 Å². The smallest absolute Gasteiger partial charge is 0.462 e. The van der Waals surface area contributed by atoms with Gasteiger partial charge in [-0.2, -0.15) is 0 Å². The number of rotatable bonds is 73. The summed E-state index contributed by atoms with van der Waals surface area (Å²) in [6.07, 6.45) is 56.7. The maximum Gasteiger partial charge on any atom is 0.472 e. The van der Waals surface area contributed by atoms with E-state index in [1.807, 2.05) is 0 Å². The lowest BCUT2D eigenvalue weighted by atomic mass is 10.0. The quantitative estimate of drug-likeness (QED) is 0.0169. The molecule has 0 aromatic heterocycles. The van der Waals surface area contributed by atoms with Crippen LogP contribution in [0.1, 0.15) is 370 Å². The third-order valence-electron chi connectivity index (χ3n) is 17.3. The minimum atomic E-state index is -4.97. The molecule has 0 aliphatic heterocycles. The van der Waals surface area contributed by atoms with Gasteiger partial charge in [0.1, 0.15) is 19.3 Å². The molecule has 0 spiro atoms. The Morgan fingerprint density at radius 1 is 0.323 bits per heavy atom. The number of carbonyl (C=O) groups is 4. The monoisotopic (exact) mass is 1410 g/mol. The molecule has 566 valence electrons. The fourth-order valence-electron chi connectivity index (χ4n) is 11.2. The van der Waals surface area contributed by atoms with Crippen molar-refractivity contribution in [2.24, 2.45) is 17.8 Å². The number of carbonyl (C=O) groups excluding carboxylic acids is 4. The van der Waals surface area contributed by atoms with Crippen LogP contribution in [0.2, 0.25) is 0 Å². The van der Waals surface area contributed by atoms with Crippen molar-refractivity contribution in [2.75, 3.05) is 39.6 Å². The van der Waals surface area contributed by atoms with E-state index in [4.69, 9.17) is 37.0 Å². The van der Waals surface area contributed by atoms with Crippen LogP contribution in [0.5, 0.6) is 0 Å². The number of unbranched alkanes of at least 4 members (excludes halogenated alkanes) is 38. The van der Waals surface area contributed by atoms with E-state index in [-0.39, 0.29) is 25.7 Å². The lowest BCUT2D eigenvalue weighted by Crippen LogP contribution is -2.30. The van der Waals surface area contributed by atoms with Gasteiger partial charge in [0.05, 0.1) is 26.4 Å². The zero-order valence-corrected chi connectivity index (χ0v) is 64.1. The van der Waals surface area contributed by atoms with E-state index in [0.29, 0.717) is 37.5 Å². The van der Waals surface area contributed by atoms with Gasteiger partial charge in [0, 0.05) is 25.7 Å². The molecule has 0 aliphatic carbocycles. The number of esters is 4. The molecule has 17 nitrogen and oxygen atoms in total. The van der Waals surface area contributed by atoms with E-state index in [9.17, 15) is 43.2 Å². The second-order valence-electron chi connectivity index (χ2n) is 28.5. The number of phosphoric ester groups is 2. The van der Waals surface area contributed by atoms with Gasteiger partial charge in [-0.25, -0.2) is 9.13 Å². The van der Waals surface area contributed by atoms with Crippen molar-refractivity contribution < 1.29 is 80.2 Å². The predicted octanol–water partition coefficient (Wildman–Crippen LogP) is 22.1. The normalized spacial score (nSPS) is 14.2. The first-order valence-corrected chi connectivity index (χ1v) is 42.2. The number of aliphatic hydroxyl groups excluding tert-OH is 1. The summed E-state index contributed by atoms with van der Waals surface area (Å²) in [5.74, 6) is 0.0669. The molecule has 0 aromatic rings. The van der Waals surface area contributed by atoms with Crippen LogP contribution >= 0.6 is 15.6 Å². The van der Waals surface area contributed by atoms with Crippen molar-refractivity contribution in [3.8, 4) is 0 Å². The standard InChI is InChI=1S/C77H146O17P2/c1-8-9-10-11-12-13-14-15-20-25-28-31-38-46-53-60-76(81)93-72(64-87-74(79)58-51-44-37-30-27-24-22-19-17-16-18-21-23-26-29-34-41-48-55-68(2)3)66-91-95(83,84)89-62-71(78)63-90-96(85,86)92-67-73(94-77(82)61-54-47-40-33-36-43-50-57-70(6)7)65-88-75(80)59-52-45-39-32-35-42-49-56-69(4)5/h13-15,20,68-73,78H,8-12,16-19,21-67H2,1-7H3,(H,83,84)(H,85,86)/b14-13-,20-15-/t71?,72-,73-/m1/s1. The molecule has 0 rings (SSSR count). The third kappa shape index (κ3) is 70.0. The van der Waals surface area contributed by atoms with Crippen LogP contribution in [0.4, 0.5) is 0 Å². The summed E-state index contributed by atoms with van der Waals surface area (Å²) < 4.78 is 68.4. The van der Waals surface area contributed by atoms with Crippen molar-refractivity contribution in [1.29, 1.82) is 0 Å². The minimum Gasteiger partial charge on any atom is -0.462 e. The molecular formula is C77H146O17P2. The zero-order chi connectivity index (χ0) is 70.9. The Kier molecular flexibility index (Phi) is 65.3. The maximum absolute atomic E-state index is 13.1. The SMILES string of the molecule is CCCCCC/C=C\C=C/CCCCCCCC(=O)O[C@H](COC(=O)CCCCCCCCCCCCCCCCCCCCC(C)C)COP(=O)(O)OCC(O)COP(=O)(O)OC[C@@H](COC(=O)CCCCCCCCCC(C)C)OC(=O)CCCCCCCCCC(C)C. The van der Waals surface area contributed by atoms with Crippen molar-refractivity contribution in [3.05, 3.63) is 24.3 Å². The molecule has 96 heavy (non-hydrogen) atoms. The van der Waals surface area contributed by atoms with E-state index < -0.39 is 97.5 Å². The fraction of sp³-hybridized carbons (Fsp3) is 0.896. The van der Waals surface area contributed by atoms with Crippen LogP contribution in [-0.4, -0.2) is 96.7 Å². The molecule has 5 atom stereocenters. The van der Waals surface area contributed by atoms with Gasteiger partial charge in [-0.15, -0.1) is 0 Å². The molecule has 0 amide bonds. The van der Waals surface area contributed by atoms with Crippen molar-refractivity contribution >= 4 is 39.5 Å². The van der Waals surface area contributed by atoms with Gasteiger partial charge in [-0.05, 0) is 69.1 Å². The molecule has 3 N–H and O–H groups in total. The van der Waals surface area contributed by atoms with E-state index in [1.54, 1.807) is 0 Å². The summed E-state index contributed by atoms with van der Waals surface area (Å²) in [4.78, 5) is 72.7. The first kappa shape index (κ1) is 93.5. The fourth-order valence-corrected chi connectivity index (χ4v) is 12.8. The number of hydrogen-bond acceptors (Lipinski definition) is 15. The van der Waals surface area contributed by atoms with Gasteiger partial charge in [0.2, 0.25) is 0 Å². The molecule has 19 heteroatoms. The van der Waals surface area contributed by atoms with Crippen LogP contribution in [0, 0.1) is 17.8 Å². The number of phosphoric acid groups is 2. The number of aliphatic hydroxyl groups is 1. The Bertz CT molecular complexity index is 1960. The number of hydrogen-bond donors (Lipinski definition) is 3. The lowest BCUT2D eigenvalue weighted by Gasteiger charge is -2.21. The molecule has 0 saturated carbocycles. The highest BCUT2D eigenvalue weighted by Gasteiger charge is 2.30. The van der Waals surface area contributed by atoms with Crippen molar-refractivity contribution in [3.63, 3.8) is 0 Å². The summed E-state index contributed by atoms with van der Waals surface area (Å²) in [6.45, 7) is 11.7. The largest absolute Gasteiger partial charge is 0.472 e.